The van der Waals surface area contributed by atoms with Gasteiger partial charge in [0.25, 0.3) is 5.91 Å². The fourth-order valence-electron chi connectivity index (χ4n) is 4.34. The summed E-state index contributed by atoms with van der Waals surface area (Å²) in [6, 6.07) is 20.1. The minimum absolute atomic E-state index is 0.151. The van der Waals surface area contributed by atoms with Gasteiger partial charge in [0.15, 0.2) is 0 Å². The molecule has 1 aromatic heterocycles. The van der Waals surface area contributed by atoms with Gasteiger partial charge in [0, 0.05) is 28.7 Å². The number of ether oxygens (including phenoxy) is 1. The Morgan fingerprint density at radius 1 is 1.06 bits per heavy atom. The Kier molecular flexibility index (Phi) is 7.24. The number of para-hydroxylation sites is 2. The van der Waals surface area contributed by atoms with Gasteiger partial charge in [0.1, 0.15) is 24.0 Å². The van der Waals surface area contributed by atoms with E-state index in [4.69, 9.17) is 4.74 Å². The number of fused-ring (bicyclic) bond motifs is 1. The summed E-state index contributed by atoms with van der Waals surface area (Å²) in [5.41, 5.74) is 2.07. The first-order chi connectivity index (χ1) is 15.7. The molecular weight excluding hydrogens is 398 g/mol. The van der Waals surface area contributed by atoms with Gasteiger partial charge in [0.2, 0.25) is 0 Å². The van der Waals surface area contributed by atoms with E-state index in [1.165, 1.54) is 12.8 Å². The third-order valence-electron chi connectivity index (χ3n) is 6.02. The van der Waals surface area contributed by atoms with Gasteiger partial charge < -0.3 is 14.6 Å². The van der Waals surface area contributed by atoms with Crippen LogP contribution in [0.3, 0.4) is 0 Å². The lowest BCUT2D eigenvalue weighted by Gasteiger charge is -2.15. The van der Waals surface area contributed by atoms with Crippen LogP contribution in [0.1, 0.15) is 44.1 Å². The molecule has 2 aromatic carbocycles. The summed E-state index contributed by atoms with van der Waals surface area (Å²) in [4.78, 5) is 12.8. The minimum Gasteiger partial charge on any atom is -0.492 e. The molecule has 0 spiro atoms. The van der Waals surface area contributed by atoms with Gasteiger partial charge in [-0.15, -0.1) is 0 Å². The molecular formula is C27H29N3O2. The lowest BCUT2D eigenvalue weighted by molar-refractivity contribution is -0.117. The number of hydrogen-bond acceptors (Lipinski definition) is 3. The highest BCUT2D eigenvalue weighted by Gasteiger charge is 2.18. The molecule has 0 aliphatic heterocycles. The molecule has 1 heterocycles. The molecule has 5 heteroatoms. The average molecular weight is 428 g/mol. The summed E-state index contributed by atoms with van der Waals surface area (Å²) in [6.07, 6.45) is 10.4. The number of nitrogens with one attached hydrogen (secondary N) is 1. The lowest BCUT2D eigenvalue weighted by atomic mass is 10.1. The van der Waals surface area contributed by atoms with Gasteiger partial charge in [-0.05, 0) is 37.1 Å². The Labute approximate surface area is 189 Å². The molecule has 1 aliphatic rings. The molecule has 4 rings (SSSR count). The normalized spacial score (nSPS) is 15.2. The Morgan fingerprint density at radius 2 is 1.78 bits per heavy atom. The first-order valence-corrected chi connectivity index (χ1v) is 11.4. The van der Waals surface area contributed by atoms with E-state index in [0.717, 1.165) is 47.9 Å². The van der Waals surface area contributed by atoms with Crippen molar-refractivity contribution in [2.75, 3.05) is 6.61 Å². The SMILES string of the molecule is N#C/C(=C\c1cn(CCOc2ccccc2)c2ccccc12)C(=O)NC1CCCCCC1. The summed E-state index contributed by atoms with van der Waals surface area (Å²) < 4.78 is 7.96. The van der Waals surface area contributed by atoms with Crippen LogP contribution in [0.2, 0.25) is 0 Å². The van der Waals surface area contributed by atoms with Crippen molar-refractivity contribution in [2.24, 2.45) is 0 Å². The number of benzene rings is 2. The van der Waals surface area contributed by atoms with Crippen molar-refractivity contribution >= 4 is 22.9 Å². The van der Waals surface area contributed by atoms with E-state index in [0.29, 0.717) is 13.2 Å². The average Bonchev–Trinajstić information content (AvgIpc) is 2.97. The third kappa shape index (κ3) is 5.39. The molecule has 1 aliphatic carbocycles. The van der Waals surface area contributed by atoms with Crippen LogP contribution >= 0.6 is 0 Å². The molecule has 164 valence electrons. The van der Waals surface area contributed by atoms with Crippen molar-refractivity contribution in [1.29, 1.82) is 5.26 Å². The maximum absolute atomic E-state index is 12.8. The van der Waals surface area contributed by atoms with Gasteiger partial charge in [-0.2, -0.15) is 5.26 Å². The highest BCUT2D eigenvalue weighted by molar-refractivity contribution is 6.04. The van der Waals surface area contributed by atoms with Crippen LogP contribution in [0, 0.1) is 11.3 Å². The fourth-order valence-corrected chi connectivity index (χ4v) is 4.34. The molecule has 0 saturated heterocycles. The second-order valence-corrected chi connectivity index (χ2v) is 8.29. The van der Waals surface area contributed by atoms with Crippen molar-refractivity contribution in [1.82, 2.24) is 9.88 Å². The summed E-state index contributed by atoms with van der Waals surface area (Å²) in [5, 5.41) is 13.8. The molecule has 0 bridgehead atoms. The summed E-state index contributed by atoms with van der Waals surface area (Å²) >= 11 is 0. The third-order valence-corrected chi connectivity index (χ3v) is 6.02. The van der Waals surface area contributed by atoms with Crippen molar-refractivity contribution in [3.63, 3.8) is 0 Å². The number of amides is 1. The second-order valence-electron chi connectivity index (χ2n) is 8.29. The van der Waals surface area contributed by atoms with E-state index in [1.54, 1.807) is 6.08 Å². The number of carbonyl (C=O) groups is 1. The minimum atomic E-state index is -0.274. The van der Waals surface area contributed by atoms with Gasteiger partial charge in [-0.25, -0.2) is 0 Å². The Morgan fingerprint density at radius 3 is 2.53 bits per heavy atom. The van der Waals surface area contributed by atoms with Crippen LogP contribution in [-0.2, 0) is 11.3 Å². The monoisotopic (exact) mass is 427 g/mol. The second kappa shape index (κ2) is 10.7. The predicted molar refractivity (Wildman–Crippen MR) is 127 cm³/mol. The van der Waals surface area contributed by atoms with Gasteiger partial charge in [-0.1, -0.05) is 62.1 Å². The highest BCUT2D eigenvalue weighted by atomic mass is 16.5. The molecule has 5 nitrogen and oxygen atoms in total. The summed E-state index contributed by atoms with van der Waals surface area (Å²) in [6.45, 7) is 1.19. The quantitative estimate of drug-likeness (QED) is 0.309. The molecule has 32 heavy (non-hydrogen) atoms. The molecule has 0 atom stereocenters. The van der Waals surface area contributed by atoms with Crippen molar-refractivity contribution in [3.8, 4) is 11.8 Å². The Balaban J connectivity index is 1.51. The molecule has 1 amide bonds. The zero-order valence-corrected chi connectivity index (χ0v) is 18.3. The van der Waals surface area contributed by atoms with E-state index < -0.39 is 0 Å². The van der Waals surface area contributed by atoms with E-state index in [9.17, 15) is 10.1 Å². The maximum atomic E-state index is 12.8. The molecule has 0 unspecified atom stereocenters. The predicted octanol–water partition coefficient (Wildman–Crippen LogP) is 5.47. The number of nitriles is 1. The maximum Gasteiger partial charge on any atom is 0.262 e. The van der Waals surface area contributed by atoms with Crippen molar-refractivity contribution in [2.45, 2.75) is 51.1 Å². The zero-order valence-electron chi connectivity index (χ0n) is 18.3. The highest BCUT2D eigenvalue weighted by Crippen LogP contribution is 2.24. The number of carbonyl (C=O) groups excluding carboxylic acids is 1. The first-order valence-electron chi connectivity index (χ1n) is 11.4. The fraction of sp³-hybridized carbons (Fsp3) is 0.333. The van der Waals surface area contributed by atoms with Crippen molar-refractivity contribution in [3.05, 3.63) is 71.9 Å². The van der Waals surface area contributed by atoms with Gasteiger partial charge >= 0.3 is 0 Å². The van der Waals surface area contributed by atoms with Crippen LogP contribution in [0.5, 0.6) is 5.75 Å². The Hall–Kier alpha value is -3.52. The molecule has 1 fully saturated rings. The smallest absolute Gasteiger partial charge is 0.262 e. The van der Waals surface area contributed by atoms with Crippen molar-refractivity contribution < 1.29 is 9.53 Å². The van der Waals surface area contributed by atoms with E-state index in [1.807, 2.05) is 60.8 Å². The number of aromatic nitrogens is 1. The van der Waals surface area contributed by atoms with Crippen LogP contribution in [0.15, 0.2) is 66.4 Å². The van der Waals surface area contributed by atoms with Gasteiger partial charge in [-0.3, -0.25) is 4.79 Å². The molecule has 3 aromatic rings. The van der Waals surface area contributed by atoms with E-state index in [-0.39, 0.29) is 17.5 Å². The largest absolute Gasteiger partial charge is 0.492 e. The van der Waals surface area contributed by atoms with Gasteiger partial charge in [0.05, 0.1) is 6.54 Å². The topological polar surface area (TPSA) is 67.0 Å². The summed E-state index contributed by atoms with van der Waals surface area (Å²) in [7, 11) is 0. The molecule has 1 saturated carbocycles. The van der Waals surface area contributed by atoms with Crippen LogP contribution in [0.25, 0.3) is 17.0 Å². The van der Waals surface area contributed by atoms with Crippen LogP contribution in [0.4, 0.5) is 0 Å². The molecule has 1 N–H and O–H groups in total. The zero-order chi connectivity index (χ0) is 22.2. The number of hydrogen-bond donors (Lipinski definition) is 1. The van der Waals surface area contributed by atoms with E-state index >= 15 is 0 Å². The summed E-state index contributed by atoms with van der Waals surface area (Å²) in [5.74, 6) is 0.565. The van der Waals surface area contributed by atoms with E-state index in [2.05, 4.69) is 16.0 Å². The van der Waals surface area contributed by atoms with Crippen LogP contribution in [-0.4, -0.2) is 23.1 Å². The number of rotatable bonds is 7. The number of nitrogens with zero attached hydrogens (tertiary/aromatic N) is 2. The lowest BCUT2D eigenvalue weighted by Crippen LogP contribution is -2.35. The Bertz CT molecular complexity index is 1120. The van der Waals surface area contributed by atoms with Crippen LogP contribution < -0.4 is 10.1 Å². The standard InChI is InChI=1S/C27H29N3O2/c28-19-21(27(31)29-23-10-4-1-2-5-11-23)18-22-20-30(26-15-9-8-14-25(22)26)16-17-32-24-12-6-3-7-13-24/h3,6-9,12-15,18,20,23H,1-2,4-5,10-11,16-17H2,(H,29,31)/b21-18+. The first kappa shape index (κ1) is 21.7. The molecule has 0 radical (unpaired) electrons.